The van der Waals surface area contributed by atoms with Crippen LogP contribution in [0.4, 0.5) is 8.78 Å². The Morgan fingerprint density at radius 1 is 1.00 bits per heavy atom. The lowest BCUT2D eigenvalue weighted by atomic mass is 10.1. The van der Waals surface area contributed by atoms with Gasteiger partial charge in [-0.05, 0) is 24.6 Å². The summed E-state index contributed by atoms with van der Waals surface area (Å²) in [5, 5.41) is 2.67. The largest absolute Gasteiger partial charge is 0.350 e. The van der Waals surface area contributed by atoms with Crippen LogP contribution in [0.25, 0.3) is 0 Å². The smallest absolute Gasteiger partial charge is 0.220 e. The highest BCUT2D eigenvalue weighted by Crippen LogP contribution is 2.16. The highest BCUT2D eigenvalue weighted by molar-refractivity contribution is 5.97. The van der Waals surface area contributed by atoms with Crippen LogP contribution < -0.4 is 5.32 Å². The minimum absolute atomic E-state index is 0.0434. The maximum atomic E-state index is 13.2. The molecule has 5 heteroatoms. The number of ketones is 1. The molecule has 1 amide bonds. The van der Waals surface area contributed by atoms with Crippen molar-refractivity contribution >= 4 is 11.7 Å². The lowest BCUT2D eigenvalue weighted by Crippen LogP contribution is -2.27. The second-order valence-corrected chi connectivity index (χ2v) is 5.25. The molecule has 0 aliphatic heterocycles. The Labute approximate surface area is 133 Å². The van der Waals surface area contributed by atoms with Crippen LogP contribution in [-0.4, -0.2) is 11.7 Å². The van der Waals surface area contributed by atoms with Crippen LogP contribution in [0.2, 0.25) is 0 Å². The summed E-state index contributed by atoms with van der Waals surface area (Å²) in [5.41, 5.74) is 1.03. The van der Waals surface area contributed by atoms with Gasteiger partial charge in [-0.1, -0.05) is 36.4 Å². The van der Waals surface area contributed by atoms with Crippen LogP contribution in [0.3, 0.4) is 0 Å². The van der Waals surface area contributed by atoms with E-state index in [4.69, 9.17) is 0 Å². The standard InChI is InChI=1S/C18H17F2NO2/c1-12(14-7-8-15(19)16(20)11-14)21-18(23)10-9-17(22)13-5-3-2-4-6-13/h2-8,11-12H,9-10H2,1H3,(H,21,23). The van der Waals surface area contributed by atoms with Crippen molar-refractivity contribution in [1.82, 2.24) is 5.32 Å². The molecule has 2 aromatic rings. The zero-order valence-electron chi connectivity index (χ0n) is 12.7. The SMILES string of the molecule is CC(NC(=O)CCC(=O)c1ccccc1)c1ccc(F)c(F)c1. The van der Waals surface area contributed by atoms with Crippen LogP contribution in [0.1, 0.15) is 41.7 Å². The third-order valence-corrected chi connectivity index (χ3v) is 3.50. The van der Waals surface area contributed by atoms with Crippen LogP contribution in [0, 0.1) is 11.6 Å². The third-order valence-electron chi connectivity index (χ3n) is 3.50. The second-order valence-electron chi connectivity index (χ2n) is 5.25. The molecule has 0 aliphatic carbocycles. The minimum Gasteiger partial charge on any atom is -0.350 e. The van der Waals surface area contributed by atoms with Gasteiger partial charge >= 0.3 is 0 Å². The highest BCUT2D eigenvalue weighted by atomic mass is 19.2. The fourth-order valence-corrected chi connectivity index (χ4v) is 2.17. The molecule has 23 heavy (non-hydrogen) atoms. The Hall–Kier alpha value is -2.56. The predicted molar refractivity (Wildman–Crippen MR) is 82.9 cm³/mol. The number of rotatable bonds is 6. The van der Waals surface area contributed by atoms with Crippen molar-refractivity contribution in [1.29, 1.82) is 0 Å². The molecule has 120 valence electrons. The first-order valence-electron chi connectivity index (χ1n) is 7.30. The summed E-state index contributed by atoms with van der Waals surface area (Å²) < 4.78 is 26.1. The van der Waals surface area contributed by atoms with Gasteiger partial charge in [0.2, 0.25) is 5.91 Å². The van der Waals surface area contributed by atoms with E-state index in [2.05, 4.69) is 5.32 Å². The van der Waals surface area contributed by atoms with E-state index < -0.39 is 17.7 Å². The number of nitrogens with one attached hydrogen (secondary N) is 1. The molecule has 0 spiro atoms. The van der Waals surface area contributed by atoms with E-state index in [0.717, 1.165) is 12.1 Å². The van der Waals surface area contributed by atoms with Gasteiger partial charge in [-0.3, -0.25) is 9.59 Å². The van der Waals surface area contributed by atoms with Crippen molar-refractivity contribution < 1.29 is 18.4 Å². The monoisotopic (exact) mass is 317 g/mol. The van der Waals surface area contributed by atoms with E-state index >= 15 is 0 Å². The fraction of sp³-hybridized carbons (Fsp3) is 0.222. The van der Waals surface area contributed by atoms with Crippen LogP contribution in [0.5, 0.6) is 0 Å². The first-order chi connectivity index (χ1) is 11.0. The Bertz CT molecular complexity index is 701. The van der Waals surface area contributed by atoms with Crippen LogP contribution in [-0.2, 0) is 4.79 Å². The van der Waals surface area contributed by atoms with Gasteiger partial charge < -0.3 is 5.32 Å². The summed E-state index contributed by atoms with van der Waals surface area (Å²) in [6.07, 6.45) is 0.141. The van der Waals surface area contributed by atoms with E-state index in [-0.39, 0.29) is 24.5 Å². The number of carbonyl (C=O) groups excluding carboxylic acids is 2. The number of benzene rings is 2. The maximum absolute atomic E-state index is 13.2. The molecule has 0 bridgehead atoms. The zero-order valence-corrected chi connectivity index (χ0v) is 12.7. The zero-order chi connectivity index (χ0) is 16.8. The summed E-state index contributed by atoms with van der Waals surface area (Å²) in [7, 11) is 0. The van der Waals surface area contributed by atoms with E-state index in [1.54, 1.807) is 31.2 Å². The van der Waals surface area contributed by atoms with E-state index in [0.29, 0.717) is 11.1 Å². The molecule has 1 N–H and O–H groups in total. The van der Waals surface area contributed by atoms with Gasteiger partial charge in [0.25, 0.3) is 0 Å². The molecule has 0 heterocycles. The number of Topliss-reactive ketones (excluding diaryl/α,β-unsaturated/α-hetero) is 1. The molecule has 0 aromatic heterocycles. The lowest BCUT2D eigenvalue weighted by molar-refractivity contribution is -0.121. The molecule has 0 aliphatic rings. The third kappa shape index (κ3) is 4.71. The number of amides is 1. The molecular weight excluding hydrogens is 300 g/mol. The molecular formula is C18H17F2NO2. The van der Waals surface area contributed by atoms with E-state index in [1.807, 2.05) is 6.07 Å². The molecule has 3 nitrogen and oxygen atoms in total. The Morgan fingerprint density at radius 2 is 1.70 bits per heavy atom. The quantitative estimate of drug-likeness (QED) is 0.824. The van der Waals surface area contributed by atoms with Crippen molar-refractivity contribution in [2.24, 2.45) is 0 Å². The highest BCUT2D eigenvalue weighted by Gasteiger charge is 2.13. The number of hydrogen-bond acceptors (Lipinski definition) is 2. The van der Waals surface area contributed by atoms with E-state index in [9.17, 15) is 18.4 Å². The fourth-order valence-electron chi connectivity index (χ4n) is 2.17. The minimum atomic E-state index is -0.956. The van der Waals surface area contributed by atoms with Crippen molar-refractivity contribution in [2.45, 2.75) is 25.8 Å². The topological polar surface area (TPSA) is 46.2 Å². The van der Waals surface area contributed by atoms with Gasteiger partial charge in [0.1, 0.15) is 0 Å². The van der Waals surface area contributed by atoms with Crippen LogP contribution >= 0.6 is 0 Å². The molecule has 0 saturated carbocycles. The maximum Gasteiger partial charge on any atom is 0.220 e. The second kappa shape index (κ2) is 7.63. The Kier molecular flexibility index (Phi) is 5.57. The number of halogens is 2. The van der Waals surface area contributed by atoms with Gasteiger partial charge in [0.05, 0.1) is 6.04 Å². The molecule has 2 aromatic carbocycles. The molecule has 1 atom stereocenters. The first kappa shape index (κ1) is 16.8. The summed E-state index contributed by atoms with van der Waals surface area (Å²) in [6, 6.07) is 11.8. The van der Waals surface area contributed by atoms with Gasteiger partial charge in [0, 0.05) is 18.4 Å². The average molecular weight is 317 g/mol. The van der Waals surface area contributed by atoms with Crippen molar-refractivity contribution in [3.05, 3.63) is 71.3 Å². The van der Waals surface area contributed by atoms with Gasteiger partial charge in [-0.2, -0.15) is 0 Å². The number of hydrogen-bond donors (Lipinski definition) is 1. The van der Waals surface area contributed by atoms with Crippen molar-refractivity contribution in [3.63, 3.8) is 0 Å². The lowest BCUT2D eigenvalue weighted by Gasteiger charge is -2.14. The average Bonchev–Trinajstić information content (AvgIpc) is 2.55. The van der Waals surface area contributed by atoms with Crippen molar-refractivity contribution in [3.8, 4) is 0 Å². The molecule has 2 rings (SSSR count). The van der Waals surface area contributed by atoms with Crippen LogP contribution in [0.15, 0.2) is 48.5 Å². The normalized spacial score (nSPS) is 11.8. The summed E-state index contributed by atoms with van der Waals surface area (Å²) in [5.74, 6) is -2.31. The predicted octanol–water partition coefficient (Wildman–Crippen LogP) is 3.81. The molecule has 1 unspecified atom stereocenters. The first-order valence-corrected chi connectivity index (χ1v) is 7.30. The van der Waals surface area contributed by atoms with Gasteiger partial charge in [0.15, 0.2) is 17.4 Å². The molecule has 0 saturated heterocycles. The summed E-state index contributed by atoms with van der Waals surface area (Å²) in [6.45, 7) is 1.67. The number of carbonyl (C=O) groups is 2. The molecule has 0 fully saturated rings. The summed E-state index contributed by atoms with van der Waals surface area (Å²) >= 11 is 0. The Morgan fingerprint density at radius 3 is 2.35 bits per heavy atom. The van der Waals surface area contributed by atoms with E-state index in [1.165, 1.54) is 6.07 Å². The molecule has 0 radical (unpaired) electrons. The van der Waals surface area contributed by atoms with Crippen molar-refractivity contribution in [2.75, 3.05) is 0 Å². The van der Waals surface area contributed by atoms with Gasteiger partial charge in [-0.15, -0.1) is 0 Å². The summed E-state index contributed by atoms with van der Waals surface area (Å²) in [4.78, 5) is 23.8. The Balaban J connectivity index is 1.87. The van der Waals surface area contributed by atoms with Gasteiger partial charge in [-0.25, -0.2) is 8.78 Å².